The SMILES string of the molecule is CCN(CC)S(=O)(=O)N1CCc2nc([C@@H]3CCCN(C(C)=O)C3)nc(NC)c2C1. The van der Waals surface area contributed by atoms with Crippen LogP contribution in [0.15, 0.2) is 0 Å². The van der Waals surface area contributed by atoms with E-state index in [1.807, 2.05) is 18.7 Å². The largest absolute Gasteiger partial charge is 0.373 e. The molecule has 9 nitrogen and oxygen atoms in total. The van der Waals surface area contributed by atoms with Crippen molar-refractivity contribution in [3.8, 4) is 0 Å². The molecule has 29 heavy (non-hydrogen) atoms. The summed E-state index contributed by atoms with van der Waals surface area (Å²) < 4.78 is 28.8. The Labute approximate surface area is 173 Å². The molecule has 10 heteroatoms. The first-order valence-corrected chi connectivity index (χ1v) is 11.8. The number of fused-ring (bicyclic) bond motifs is 1. The number of aromatic nitrogens is 2. The maximum atomic E-state index is 12.9. The Bertz CT molecular complexity index is 838. The second-order valence-corrected chi connectivity index (χ2v) is 9.51. The summed E-state index contributed by atoms with van der Waals surface area (Å²) in [5, 5.41) is 3.13. The number of carbonyl (C=O) groups is 1. The molecule has 0 aliphatic carbocycles. The normalized spacial score (nSPS) is 20.6. The van der Waals surface area contributed by atoms with Gasteiger partial charge in [-0.15, -0.1) is 0 Å². The first-order valence-electron chi connectivity index (χ1n) is 10.4. The summed E-state index contributed by atoms with van der Waals surface area (Å²) in [6.07, 6.45) is 2.45. The molecule has 0 unspecified atom stereocenters. The van der Waals surface area contributed by atoms with E-state index in [1.54, 1.807) is 14.0 Å². The molecule has 1 amide bonds. The Kier molecular flexibility index (Phi) is 6.75. The summed E-state index contributed by atoms with van der Waals surface area (Å²) in [7, 11) is -1.70. The molecule has 0 bridgehead atoms. The second-order valence-electron chi connectivity index (χ2n) is 7.59. The summed E-state index contributed by atoms with van der Waals surface area (Å²) in [6, 6.07) is 0. The highest BCUT2D eigenvalue weighted by Gasteiger charge is 2.34. The predicted molar refractivity (Wildman–Crippen MR) is 112 cm³/mol. The molecule has 3 heterocycles. The molecular weight excluding hydrogens is 392 g/mol. The monoisotopic (exact) mass is 424 g/mol. The van der Waals surface area contributed by atoms with Crippen LogP contribution in [0.1, 0.15) is 56.6 Å². The van der Waals surface area contributed by atoms with Crippen molar-refractivity contribution in [1.82, 2.24) is 23.5 Å². The Morgan fingerprint density at radius 3 is 2.59 bits per heavy atom. The zero-order chi connectivity index (χ0) is 21.2. The zero-order valence-corrected chi connectivity index (χ0v) is 18.6. The van der Waals surface area contributed by atoms with Crippen molar-refractivity contribution >= 4 is 21.9 Å². The van der Waals surface area contributed by atoms with E-state index >= 15 is 0 Å². The van der Waals surface area contributed by atoms with Crippen LogP contribution in [0.5, 0.6) is 0 Å². The molecule has 1 fully saturated rings. The molecule has 1 N–H and O–H groups in total. The van der Waals surface area contributed by atoms with E-state index < -0.39 is 10.2 Å². The standard InChI is InChI=1S/C19H32N6O3S/c1-5-24(6-2)29(27,28)25-11-9-17-16(13-25)19(20-4)22-18(21-17)15-8-7-10-23(12-15)14(3)26/h15H,5-13H2,1-4H3,(H,20,21,22)/t15-/m1/s1. The smallest absolute Gasteiger partial charge is 0.282 e. The van der Waals surface area contributed by atoms with Crippen molar-refractivity contribution in [2.75, 3.05) is 45.1 Å². The number of piperidine rings is 1. The average molecular weight is 425 g/mol. The van der Waals surface area contributed by atoms with E-state index in [-0.39, 0.29) is 18.4 Å². The molecule has 3 rings (SSSR count). The molecular formula is C19H32N6O3S. The van der Waals surface area contributed by atoms with E-state index in [9.17, 15) is 13.2 Å². The van der Waals surface area contributed by atoms with Gasteiger partial charge < -0.3 is 10.2 Å². The van der Waals surface area contributed by atoms with Gasteiger partial charge in [-0.2, -0.15) is 17.0 Å². The van der Waals surface area contributed by atoms with Crippen molar-refractivity contribution in [3.63, 3.8) is 0 Å². The molecule has 0 spiro atoms. The highest BCUT2D eigenvalue weighted by molar-refractivity contribution is 7.86. The minimum atomic E-state index is -3.50. The van der Waals surface area contributed by atoms with Crippen LogP contribution in [-0.4, -0.2) is 77.6 Å². The molecule has 1 aromatic rings. The van der Waals surface area contributed by atoms with Gasteiger partial charge in [-0.1, -0.05) is 13.8 Å². The fraction of sp³-hybridized carbons (Fsp3) is 0.737. The quantitative estimate of drug-likeness (QED) is 0.737. The zero-order valence-electron chi connectivity index (χ0n) is 17.8. The second kappa shape index (κ2) is 8.93. The number of nitrogens with zero attached hydrogens (tertiary/aromatic N) is 5. The van der Waals surface area contributed by atoms with Crippen LogP contribution in [0.25, 0.3) is 0 Å². The van der Waals surface area contributed by atoms with Crippen LogP contribution in [0, 0.1) is 0 Å². The number of rotatable bonds is 6. The molecule has 0 aromatic carbocycles. The van der Waals surface area contributed by atoms with Gasteiger partial charge in [-0.25, -0.2) is 9.97 Å². The first kappa shape index (κ1) is 21.9. The molecule has 2 aliphatic rings. The third-order valence-corrected chi connectivity index (χ3v) is 8.00. The van der Waals surface area contributed by atoms with Gasteiger partial charge in [0.05, 0.1) is 5.69 Å². The van der Waals surface area contributed by atoms with E-state index in [4.69, 9.17) is 9.97 Å². The van der Waals surface area contributed by atoms with E-state index in [1.165, 1.54) is 8.61 Å². The molecule has 1 saturated heterocycles. The van der Waals surface area contributed by atoms with Gasteiger partial charge in [-0.05, 0) is 12.8 Å². The lowest BCUT2D eigenvalue weighted by Crippen LogP contribution is -2.46. The minimum Gasteiger partial charge on any atom is -0.373 e. The Balaban J connectivity index is 1.88. The highest BCUT2D eigenvalue weighted by atomic mass is 32.2. The number of carbonyl (C=O) groups excluding carboxylic acids is 1. The average Bonchev–Trinajstić information content (AvgIpc) is 2.73. The molecule has 1 aromatic heterocycles. The Hall–Kier alpha value is -1.78. The molecule has 0 saturated carbocycles. The maximum Gasteiger partial charge on any atom is 0.282 e. The number of anilines is 1. The lowest BCUT2D eigenvalue weighted by atomic mass is 9.96. The lowest BCUT2D eigenvalue weighted by molar-refractivity contribution is -0.130. The summed E-state index contributed by atoms with van der Waals surface area (Å²) in [5.74, 6) is 1.63. The van der Waals surface area contributed by atoms with Gasteiger partial charge in [0, 0.05) is 71.1 Å². The van der Waals surface area contributed by atoms with Crippen LogP contribution in [-0.2, 0) is 28.0 Å². The number of hydrogen-bond acceptors (Lipinski definition) is 6. The van der Waals surface area contributed by atoms with Gasteiger partial charge in [0.15, 0.2) is 0 Å². The molecule has 0 radical (unpaired) electrons. The van der Waals surface area contributed by atoms with Crippen LogP contribution in [0.4, 0.5) is 5.82 Å². The van der Waals surface area contributed by atoms with E-state index in [0.29, 0.717) is 38.4 Å². The summed E-state index contributed by atoms with van der Waals surface area (Å²) in [4.78, 5) is 23.2. The first-order chi connectivity index (χ1) is 13.8. The lowest BCUT2D eigenvalue weighted by Gasteiger charge is -2.34. The van der Waals surface area contributed by atoms with Gasteiger partial charge in [0.25, 0.3) is 10.2 Å². The van der Waals surface area contributed by atoms with Gasteiger partial charge >= 0.3 is 0 Å². The van der Waals surface area contributed by atoms with Crippen molar-refractivity contribution in [3.05, 3.63) is 17.1 Å². The summed E-state index contributed by atoms with van der Waals surface area (Å²) in [6.45, 7) is 8.30. The van der Waals surface area contributed by atoms with Crippen molar-refractivity contribution in [1.29, 1.82) is 0 Å². The van der Waals surface area contributed by atoms with E-state index in [2.05, 4.69) is 5.32 Å². The number of likely N-dealkylation sites (tertiary alicyclic amines) is 1. The number of amides is 1. The Morgan fingerprint density at radius 2 is 1.97 bits per heavy atom. The minimum absolute atomic E-state index is 0.0822. The van der Waals surface area contributed by atoms with E-state index in [0.717, 1.165) is 36.5 Å². The van der Waals surface area contributed by atoms with Crippen LogP contribution >= 0.6 is 0 Å². The molecule has 2 aliphatic heterocycles. The summed E-state index contributed by atoms with van der Waals surface area (Å²) in [5.41, 5.74) is 1.75. The Morgan fingerprint density at radius 1 is 1.24 bits per heavy atom. The highest BCUT2D eigenvalue weighted by Crippen LogP contribution is 2.31. The third kappa shape index (κ3) is 4.39. The van der Waals surface area contributed by atoms with Gasteiger partial charge in [-0.3, -0.25) is 4.79 Å². The van der Waals surface area contributed by atoms with Crippen LogP contribution in [0.2, 0.25) is 0 Å². The fourth-order valence-corrected chi connectivity index (χ4v) is 5.78. The van der Waals surface area contributed by atoms with Crippen LogP contribution < -0.4 is 5.32 Å². The van der Waals surface area contributed by atoms with Crippen molar-refractivity contribution < 1.29 is 13.2 Å². The molecule has 162 valence electrons. The molecule has 1 atom stereocenters. The number of hydrogen-bond donors (Lipinski definition) is 1. The predicted octanol–water partition coefficient (Wildman–Crippen LogP) is 1.19. The van der Waals surface area contributed by atoms with Crippen molar-refractivity contribution in [2.24, 2.45) is 0 Å². The number of nitrogens with one attached hydrogen (secondary N) is 1. The van der Waals surface area contributed by atoms with Gasteiger partial charge in [0.1, 0.15) is 11.6 Å². The van der Waals surface area contributed by atoms with Crippen LogP contribution in [0.3, 0.4) is 0 Å². The maximum absolute atomic E-state index is 12.9. The van der Waals surface area contributed by atoms with Crippen molar-refractivity contribution in [2.45, 2.75) is 52.5 Å². The summed E-state index contributed by atoms with van der Waals surface area (Å²) >= 11 is 0. The topological polar surface area (TPSA) is 98.7 Å². The fourth-order valence-electron chi connectivity index (χ4n) is 4.18. The van der Waals surface area contributed by atoms with Gasteiger partial charge in [0.2, 0.25) is 5.91 Å². The third-order valence-electron chi connectivity index (χ3n) is 5.87.